The van der Waals surface area contributed by atoms with Crippen molar-refractivity contribution in [1.29, 1.82) is 0 Å². The van der Waals surface area contributed by atoms with Crippen LogP contribution in [0.5, 0.6) is 0 Å². The quantitative estimate of drug-likeness (QED) is 0.711. The average molecular weight is 371 g/mol. The molecule has 3 aromatic rings. The molecule has 26 heavy (non-hydrogen) atoms. The first-order valence-electron chi connectivity index (χ1n) is 8.48. The molecule has 136 valence electrons. The van der Waals surface area contributed by atoms with E-state index in [0.717, 1.165) is 21.7 Å². The predicted octanol–water partition coefficient (Wildman–Crippen LogP) is 1.33. The van der Waals surface area contributed by atoms with Crippen molar-refractivity contribution in [3.05, 3.63) is 62.5 Å². The van der Waals surface area contributed by atoms with Crippen molar-refractivity contribution >= 4 is 27.9 Å². The summed E-state index contributed by atoms with van der Waals surface area (Å²) in [5, 5.41) is 4.85. The van der Waals surface area contributed by atoms with Gasteiger partial charge in [-0.05, 0) is 31.9 Å². The van der Waals surface area contributed by atoms with Crippen LogP contribution in [0.1, 0.15) is 22.4 Å². The zero-order valence-corrected chi connectivity index (χ0v) is 16.2. The Bertz CT molecular complexity index is 999. The number of quaternary nitrogens is 1. The summed E-state index contributed by atoms with van der Waals surface area (Å²) in [7, 11) is 1.92. The number of likely N-dealkylation sites (N-methyl/N-ethyl adjacent to an activating group) is 1. The van der Waals surface area contributed by atoms with Gasteiger partial charge in [0.1, 0.15) is 12.2 Å². The smallest absolute Gasteiger partial charge is 0.279 e. The van der Waals surface area contributed by atoms with Crippen molar-refractivity contribution in [3.63, 3.8) is 0 Å². The summed E-state index contributed by atoms with van der Waals surface area (Å²) in [4.78, 5) is 30.6. The molecule has 0 aliphatic heterocycles. The van der Waals surface area contributed by atoms with Crippen molar-refractivity contribution in [3.8, 4) is 0 Å². The molecule has 1 atom stereocenters. The summed E-state index contributed by atoms with van der Waals surface area (Å²) in [5.41, 5.74) is 4.80. The van der Waals surface area contributed by atoms with Gasteiger partial charge in [-0.2, -0.15) is 0 Å². The maximum absolute atomic E-state index is 12.4. The lowest BCUT2D eigenvalue weighted by molar-refractivity contribution is -0.885. The standard InChI is InChI=1S/C19H22N4O2S/c1-12-7-13(2)18(14(3)8-12)21-16(24)11-22(4)10-15-9-17(25)23-5-6-26-19(23)20-15/h5-9H,10-11H2,1-4H3,(H,21,24)/p+1. The van der Waals surface area contributed by atoms with Crippen molar-refractivity contribution in [2.75, 3.05) is 18.9 Å². The number of nitrogens with one attached hydrogen (secondary N) is 2. The molecule has 0 aliphatic carbocycles. The van der Waals surface area contributed by atoms with Crippen LogP contribution in [0.4, 0.5) is 5.69 Å². The van der Waals surface area contributed by atoms with E-state index in [2.05, 4.69) is 22.4 Å². The first-order valence-corrected chi connectivity index (χ1v) is 9.36. The number of aryl methyl sites for hydroxylation is 3. The maximum Gasteiger partial charge on any atom is 0.279 e. The van der Waals surface area contributed by atoms with Gasteiger partial charge in [-0.3, -0.25) is 14.0 Å². The Kier molecular flexibility index (Phi) is 5.20. The van der Waals surface area contributed by atoms with Gasteiger partial charge in [0, 0.05) is 23.3 Å². The van der Waals surface area contributed by atoms with Crippen LogP contribution in [-0.2, 0) is 11.3 Å². The fraction of sp³-hybridized carbons (Fsp3) is 0.316. The number of benzene rings is 1. The van der Waals surface area contributed by atoms with E-state index in [-0.39, 0.29) is 11.5 Å². The molecule has 0 saturated carbocycles. The van der Waals surface area contributed by atoms with E-state index >= 15 is 0 Å². The van der Waals surface area contributed by atoms with E-state index in [1.165, 1.54) is 27.4 Å². The normalized spacial score (nSPS) is 12.3. The average Bonchev–Trinajstić information content (AvgIpc) is 2.99. The third kappa shape index (κ3) is 4.00. The van der Waals surface area contributed by atoms with Crippen LogP contribution in [0.15, 0.2) is 34.6 Å². The van der Waals surface area contributed by atoms with Gasteiger partial charge in [0.05, 0.1) is 7.05 Å². The molecule has 1 amide bonds. The molecule has 0 fully saturated rings. The van der Waals surface area contributed by atoms with E-state index in [9.17, 15) is 9.59 Å². The Morgan fingerprint density at radius 1 is 1.23 bits per heavy atom. The zero-order chi connectivity index (χ0) is 18.8. The molecule has 1 unspecified atom stereocenters. The summed E-state index contributed by atoms with van der Waals surface area (Å²) < 4.78 is 1.53. The summed E-state index contributed by atoms with van der Waals surface area (Å²) in [6.07, 6.45) is 1.72. The van der Waals surface area contributed by atoms with Gasteiger partial charge in [0.25, 0.3) is 11.5 Å². The zero-order valence-electron chi connectivity index (χ0n) is 15.4. The molecule has 0 aliphatic rings. The van der Waals surface area contributed by atoms with E-state index in [1.54, 1.807) is 6.20 Å². The van der Waals surface area contributed by atoms with Crippen molar-refractivity contribution in [2.45, 2.75) is 27.3 Å². The minimum atomic E-state index is -0.0885. The Morgan fingerprint density at radius 3 is 2.62 bits per heavy atom. The highest BCUT2D eigenvalue weighted by Gasteiger charge is 2.15. The van der Waals surface area contributed by atoms with Gasteiger partial charge in [-0.15, -0.1) is 11.3 Å². The van der Waals surface area contributed by atoms with Crippen LogP contribution in [0.25, 0.3) is 4.96 Å². The first-order chi connectivity index (χ1) is 12.3. The molecule has 2 heterocycles. The molecule has 0 radical (unpaired) electrons. The van der Waals surface area contributed by atoms with E-state index in [4.69, 9.17) is 0 Å². The molecular weight excluding hydrogens is 348 g/mol. The Balaban J connectivity index is 1.66. The van der Waals surface area contributed by atoms with Crippen LogP contribution >= 0.6 is 11.3 Å². The Labute approximate surface area is 156 Å². The lowest BCUT2D eigenvalue weighted by Gasteiger charge is -2.16. The number of anilines is 1. The second-order valence-corrected chi connectivity index (χ2v) is 7.65. The monoisotopic (exact) mass is 371 g/mol. The topological polar surface area (TPSA) is 67.9 Å². The highest BCUT2D eigenvalue weighted by atomic mass is 32.1. The Hall–Kier alpha value is -2.51. The molecule has 3 rings (SSSR count). The molecule has 2 aromatic heterocycles. The highest BCUT2D eigenvalue weighted by molar-refractivity contribution is 7.15. The molecule has 2 N–H and O–H groups in total. The number of aromatic nitrogens is 2. The first kappa shape index (κ1) is 18.3. The second-order valence-electron chi connectivity index (χ2n) is 6.77. The van der Waals surface area contributed by atoms with Gasteiger partial charge in [-0.1, -0.05) is 17.7 Å². The molecule has 6 nitrogen and oxygen atoms in total. The van der Waals surface area contributed by atoms with Crippen molar-refractivity contribution in [2.24, 2.45) is 0 Å². The van der Waals surface area contributed by atoms with Crippen LogP contribution in [0, 0.1) is 20.8 Å². The minimum absolute atomic E-state index is 0.0496. The van der Waals surface area contributed by atoms with Crippen LogP contribution in [0.3, 0.4) is 0 Å². The number of carbonyl (C=O) groups excluding carboxylic acids is 1. The lowest BCUT2D eigenvalue weighted by atomic mass is 10.1. The molecule has 1 aromatic carbocycles. The largest absolute Gasteiger partial charge is 0.325 e. The number of fused-ring (bicyclic) bond motifs is 1. The molecule has 0 saturated heterocycles. The van der Waals surface area contributed by atoms with E-state index < -0.39 is 0 Å². The number of carbonyl (C=O) groups is 1. The summed E-state index contributed by atoms with van der Waals surface area (Å²) in [5.74, 6) is -0.0496. The Morgan fingerprint density at radius 2 is 1.92 bits per heavy atom. The summed E-state index contributed by atoms with van der Waals surface area (Å²) in [6.45, 7) is 6.87. The number of nitrogens with zero attached hydrogens (tertiary/aromatic N) is 2. The minimum Gasteiger partial charge on any atom is -0.325 e. The fourth-order valence-corrected chi connectivity index (χ4v) is 3.92. The summed E-state index contributed by atoms with van der Waals surface area (Å²) in [6, 6.07) is 5.66. The van der Waals surface area contributed by atoms with Crippen LogP contribution in [-0.4, -0.2) is 28.9 Å². The van der Waals surface area contributed by atoms with E-state index in [0.29, 0.717) is 23.7 Å². The third-order valence-electron chi connectivity index (χ3n) is 4.24. The van der Waals surface area contributed by atoms with Gasteiger partial charge < -0.3 is 10.2 Å². The van der Waals surface area contributed by atoms with Crippen molar-refractivity contribution in [1.82, 2.24) is 9.38 Å². The number of hydrogen-bond donors (Lipinski definition) is 2. The van der Waals surface area contributed by atoms with Gasteiger partial charge in [0.2, 0.25) is 0 Å². The molecule has 0 spiro atoms. The number of thiazole rings is 1. The highest BCUT2D eigenvalue weighted by Crippen LogP contribution is 2.21. The number of amides is 1. The van der Waals surface area contributed by atoms with E-state index in [1.807, 2.05) is 33.2 Å². The van der Waals surface area contributed by atoms with Crippen LogP contribution < -0.4 is 15.8 Å². The molecule has 0 bridgehead atoms. The fourth-order valence-electron chi connectivity index (χ4n) is 3.18. The van der Waals surface area contributed by atoms with Crippen molar-refractivity contribution < 1.29 is 9.69 Å². The SMILES string of the molecule is Cc1cc(C)c(NC(=O)C[NH+](C)Cc2cc(=O)n3ccsc3n2)c(C)c1. The molecular formula is C19H23N4O2S+. The lowest BCUT2D eigenvalue weighted by Crippen LogP contribution is -3.08. The van der Waals surface area contributed by atoms with Gasteiger partial charge in [0.15, 0.2) is 11.5 Å². The second kappa shape index (κ2) is 7.39. The summed E-state index contributed by atoms with van der Waals surface area (Å²) >= 11 is 1.43. The van der Waals surface area contributed by atoms with Crippen LogP contribution in [0.2, 0.25) is 0 Å². The maximum atomic E-state index is 12.4. The number of rotatable bonds is 5. The third-order valence-corrected chi connectivity index (χ3v) is 5.00. The number of hydrogen-bond acceptors (Lipinski definition) is 4. The van der Waals surface area contributed by atoms with Gasteiger partial charge >= 0.3 is 0 Å². The predicted molar refractivity (Wildman–Crippen MR) is 104 cm³/mol. The molecule has 7 heteroatoms. The van der Waals surface area contributed by atoms with Gasteiger partial charge in [-0.25, -0.2) is 4.98 Å².